The summed E-state index contributed by atoms with van der Waals surface area (Å²) in [5, 5.41) is 36.2. The summed E-state index contributed by atoms with van der Waals surface area (Å²) >= 11 is 0. The van der Waals surface area contributed by atoms with E-state index in [1.165, 1.54) is 89.9 Å². The fourth-order valence-electron chi connectivity index (χ4n) is 12.9. The van der Waals surface area contributed by atoms with Crippen LogP contribution in [0.15, 0.2) is 41.5 Å². The second kappa shape index (κ2) is 33.8. The first-order chi connectivity index (χ1) is 38.4. The first-order valence-corrected chi connectivity index (χ1v) is 31.3. The molecule has 5 rings (SSSR count). The Morgan fingerprint density at radius 2 is 1.15 bits per heavy atom. The summed E-state index contributed by atoms with van der Waals surface area (Å²) in [5.74, 6) is -4.46. The second-order valence-electron chi connectivity index (χ2n) is 24.6. The molecule has 0 radical (unpaired) electrons. The summed E-state index contributed by atoms with van der Waals surface area (Å²) in [5.41, 5.74) is -2.76. The number of ether oxygens (including phenoxy) is 6. The van der Waals surface area contributed by atoms with Crippen LogP contribution in [-0.4, -0.2) is 113 Å². The van der Waals surface area contributed by atoms with E-state index in [0.717, 1.165) is 38.5 Å². The Bertz CT molecular complexity index is 2120. The molecule has 0 aromatic heterocycles. The standard InChI is InChI=1S/C65H102O15/c1-7-9-11-13-15-17-19-21-23-25-30-34-55(67)76-43-48(78-57(69)35-31-26-24-22-20-18-16-14-12-10-8-2)44-77-56(68)36-37-58(70)79-52(40-47-32-28-27-29-33-47)62(73)80-53-42-65(74)39-38-50-49-45-75-51(49)41-54(66)64(50,6)61(72)60(71)59(46(53)3)63(65,4)5/h27-29,32-33,48-54,60,66,71,74H,7-26,30-31,34-45H2,1-6H3/t48?,49-,50+,51+,52+,53-,54-,60+,64-,65?/m0/s1. The number of hydrogen-bond acceptors (Lipinski definition) is 15. The molecule has 1 saturated heterocycles. The lowest BCUT2D eigenvalue weighted by Gasteiger charge is -2.56. The van der Waals surface area contributed by atoms with Gasteiger partial charge in [0.1, 0.15) is 25.4 Å². The lowest BCUT2D eigenvalue weighted by Crippen LogP contribution is -2.63. The molecule has 3 fully saturated rings. The SMILES string of the molecule is CCCCCCCCCCCCCC(=O)OCC(COC(=O)CCC(=O)O[C@H](Cc1ccccc1)C(=O)O[C@H]1CC2(O)CC[C@@H]3[C@@H]4CO[C@@H]4C[C@H](O)[C@@]3(C)C(=O)[C@H](O)C(=C1C)C2(C)C)OC(=O)CCCCCCCCCCCCC. The van der Waals surface area contributed by atoms with Crippen LogP contribution in [0.3, 0.4) is 0 Å². The van der Waals surface area contributed by atoms with Gasteiger partial charge in [-0.1, -0.05) is 186 Å². The van der Waals surface area contributed by atoms with Crippen molar-refractivity contribution in [3.8, 4) is 0 Å². The van der Waals surface area contributed by atoms with Crippen LogP contribution < -0.4 is 0 Å². The summed E-state index contributed by atoms with van der Waals surface area (Å²) < 4.78 is 34.4. The zero-order valence-electron chi connectivity index (χ0n) is 49.8. The van der Waals surface area contributed by atoms with Crippen LogP contribution >= 0.6 is 0 Å². The van der Waals surface area contributed by atoms with Gasteiger partial charge in [0.15, 0.2) is 11.9 Å². The quantitative estimate of drug-likeness (QED) is 0.0244. The molecule has 0 spiro atoms. The number of rotatable bonds is 37. The molecule has 3 N–H and O–H groups in total. The Labute approximate surface area is 478 Å². The van der Waals surface area contributed by atoms with Gasteiger partial charge in [-0.25, -0.2) is 4.79 Å². The Kier molecular flexibility index (Phi) is 28.2. The topological polar surface area (TPSA) is 218 Å². The van der Waals surface area contributed by atoms with Crippen molar-refractivity contribution in [3.63, 3.8) is 0 Å². The molecule has 15 nitrogen and oxygen atoms in total. The van der Waals surface area contributed by atoms with Crippen LogP contribution in [0.2, 0.25) is 0 Å². The Hall–Kier alpha value is -4.18. The van der Waals surface area contributed by atoms with Gasteiger partial charge in [0.05, 0.1) is 42.7 Å². The van der Waals surface area contributed by atoms with Crippen molar-refractivity contribution >= 4 is 35.6 Å². The number of unbranched alkanes of at least 4 members (excludes halogenated alkanes) is 20. The lowest BCUT2D eigenvalue weighted by atomic mass is 9.55. The molecular weight excluding hydrogens is 1020 g/mol. The summed E-state index contributed by atoms with van der Waals surface area (Å²) in [6.07, 6.45) is 18.6. The number of aliphatic hydroxyl groups excluding tert-OH is 2. The lowest BCUT2D eigenvalue weighted by molar-refractivity contribution is -0.226. The number of aliphatic hydroxyl groups is 3. The molecular formula is C65H102O15. The minimum Gasteiger partial charge on any atom is -0.462 e. The highest BCUT2D eigenvalue weighted by molar-refractivity contribution is 5.93. The molecule has 4 aliphatic rings. The maximum Gasteiger partial charge on any atom is 0.348 e. The van der Waals surface area contributed by atoms with Crippen molar-refractivity contribution in [1.82, 2.24) is 0 Å². The third kappa shape index (κ3) is 19.5. The highest BCUT2D eigenvalue weighted by atomic mass is 16.6. The smallest absolute Gasteiger partial charge is 0.348 e. The molecule has 452 valence electrons. The maximum atomic E-state index is 14.6. The molecule has 1 heterocycles. The van der Waals surface area contributed by atoms with E-state index in [1.54, 1.807) is 58.0 Å². The van der Waals surface area contributed by atoms with Crippen LogP contribution in [0.1, 0.15) is 240 Å². The molecule has 1 aliphatic heterocycles. The van der Waals surface area contributed by atoms with Crippen molar-refractivity contribution in [3.05, 3.63) is 47.0 Å². The summed E-state index contributed by atoms with van der Waals surface area (Å²) in [6.45, 7) is 11.1. The molecule has 80 heavy (non-hydrogen) atoms. The van der Waals surface area contributed by atoms with Gasteiger partial charge in [-0.3, -0.25) is 24.0 Å². The van der Waals surface area contributed by atoms with Gasteiger partial charge in [0.25, 0.3) is 0 Å². The third-order valence-electron chi connectivity index (χ3n) is 18.3. The molecule has 1 aromatic carbocycles. The van der Waals surface area contributed by atoms with E-state index >= 15 is 0 Å². The van der Waals surface area contributed by atoms with Crippen LogP contribution in [0, 0.1) is 22.7 Å². The molecule has 2 unspecified atom stereocenters. The van der Waals surface area contributed by atoms with Crippen molar-refractivity contribution in [2.24, 2.45) is 22.7 Å². The molecule has 15 heteroatoms. The average Bonchev–Trinajstić information content (AvgIpc) is 3.67. The number of ketones is 1. The van der Waals surface area contributed by atoms with Crippen LogP contribution in [0.4, 0.5) is 0 Å². The van der Waals surface area contributed by atoms with Gasteiger partial charge in [0.2, 0.25) is 6.10 Å². The van der Waals surface area contributed by atoms with E-state index in [4.69, 9.17) is 28.4 Å². The number of fused-ring (bicyclic) bond motifs is 5. The zero-order valence-corrected chi connectivity index (χ0v) is 49.8. The van der Waals surface area contributed by atoms with Crippen molar-refractivity contribution in [1.29, 1.82) is 0 Å². The number of carbonyl (C=O) groups excluding carboxylic acids is 6. The van der Waals surface area contributed by atoms with Crippen LogP contribution in [-0.2, 0) is 63.6 Å². The van der Waals surface area contributed by atoms with Crippen molar-refractivity contribution in [2.75, 3.05) is 19.8 Å². The number of esters is 5. The second-order valence-corrected chi connectivity index (χ2v) is 24.6. The normalized spacial score (nSPS) is 25.8. The van der Waals surface area contributed by atoms with Crippen LogP contribution in [0.5, 0.6) is 0 Å². The molecule has 0 amide bonds. The van der Waals surface area contributed by atoms with Gasteiger partial charge in [-0.05, 0) is 62.2 Å². The average molecular weight is 1120 g/mol. The summed E-state index contributed by atoms with van der Waals surface area (Å²) in [4.78, 5) is 81.5. The van der Waals surface area contributed by atoms with Gasteiger partial charge < -0.3 is 43.7 Å². The molecule has 2 bridgehead atoms. The van der Waals surface area contributed by atoms with Gasteiger partial charge in [0, 0.05) is 43.4 Å². The van der Waals surface area contributed by atoms with E-state index in [2.05, 4.69) is 13.8 Å². The molecule has 2 saturated carbocycles. The number of Topliss-reactive ketones (excluding diaryl/α,β-unsaturated/α-hetero) is 1. The predicted octanol–water partition coefficient (Wildman–Crippen LogP) is 11.8. The minimum atomic E-state index is -1.71. The van der Waals surface area contributed by atoms with E-state index in [-0.39, 0.29) is 68.6 Å². The molecule has 3 aliphatic carbocycles. The summed E-state index contributed by atoms with van der Waals surface area (Å²) in [7, 11) is 0. The number of benzene rings is 1. The Balaban J connectivity index is 1.16. The largest absolute Gasteiger partial charge is 0.462 e. The van der Waals surface area contributed by atoms with Gasteiger partial charge in [-0.15, -0.1) is 0 Å². The molecule has 1 aromatic rings. The number of hydrogen-bond donors (Lipinski definition) is 3. The fraction of sp³-hybridized carbons (Fsp3) is 0.785. The fourth-order valence-corrected chi connectivity index (χ4v) is 12.9. The van der Waals surface area contributed by atoms with Crippen molar-refractivity contribution in [2.45, 2.75) is 283 Å². The Morgan fingerprint density at radius 3 is 1.68 bits per heavy atom. The van der Waals surface area contributed by atoms with Gasteiger partial charge >= 0.3 is 29.8 Å². The first kappa shape index (κ1) is 66.6. The third-order valence-corrected chi connectivity index (χ3v) is 18.3. The maximum absolute atomic E-state index is 14.6. The van der Waals surface area contributed by atoms with E-state index < -0.39 is 102 Å². The highest BCUT2D eigenvalue weighted by Gasteiger charge is 2.64. The van der Waals surface area contributed by atoms with Gasteiger partial charge in [-0.2, -0.15) is 0 Å². The monoisotopic (exact) mass is 1120 g/mol. The predicted molar refractivity (Wildman–Crippen MR) is 305 cm³/mol. The van der Waals surface area contributed by atoms with E-state index in [1.807, 2.05) is 0 Å². The summed E-state index contributed by atoms with van der Waals surface area (Å²) in [6, 6.07) is 8.87. The van der Waals surface area contributed by atoms with E-state index in [0.29, 0.717) is 37.0 Å². The number of carbonyl (C=O) groups is 6. The Morgan fingerprint density at radius 1 is 0.662 bits per heavy atom. The highest BCUT2D eigenvalue weighted by Crippen LogP contribution is 2.59. The van der Waals surface area contributed by atoms with Crippen LogP contribution in [0.25, 0.3) is 0 Å². The molecule has 10 atom stereocenters. The first-order valence-electron chi connectivity index (χ1n) is 31.3. The van der Waals surface area contributed by atoms with Crippen molar-refractivity contribution < 1.29 is 72.5 Å². The minimum absolute atomic E-state index is 0.0243. The van der Waals surface area contributed by atoms with E-state index in [9.17, 15) is 44.1 Å². The zero-order chi connectivity index (χ0) is 58.1.